The number of nitrogens with one attached hydrogen (secondary N) is 2. The minimum absolute atomic E-state index is 0.121. The Hall–Kier alpha value is -2.44. The van der Waals surface area contributed by atoms with Gasteiger partial charge in [0.05, 0.1) is 0 Å². The number of hydrogen-bond acceptors (Lipinski definition) is 2. The lowest BCUT2D eigenvalue weighted by Gasteiger charge is -2.13. The van der Waals surface area contributed by atoms with Crippen molar-refractivity contribution in [2.24, 2.45) is 5.92 Å². The lowest BCUT2D eigenvalue weighted by molar-refractivity contribution is 0.151. The third-order valence-electron chi connectivity index (χ3n) is 3.07. The first kappa shape index (κ1) is 15.9. The van der Waals surface area contributed by atoms with Crippen molar-refractivity contribution >= 4 is 11.7 Å². The number of hydrogen-bond donors (Lipinski definition) is 2. The molecule has 7 heteroatoms. The van der Waals surface area contributed by atoms with Crippen LogP contribution in [0.1, 0.15) is 18.9 Å². The van der Waals surface area contributed by atoms with E-state index in [-0.39, 0.29) is 11.5 Å². The molecule has 1 atom stereocenters. The van der Waals surface area contributed by atoms with Crippen LogP contribution < -0.4 is 10.6 Å². The second kappa shape index (κ2) is 7.53. The number of carbonyl (C=O) groups is 1. The van der Waals surface area contributed by atoms with Crippen LogP contribution in [0.3, 0.4) is 0 Å². The molecule has 118 valence electrons. The Morgan fingerprint density at radius 2 is 2.18 bits per heavy atom. The predicted octanol–water partition coefficient (Wildman–Crippen LogP) is 3.28. The molecule has 22 heavy (non-hydrogen) atoms. The molecule has 1 aromatic heterocycles. The number of alkyl halides is 2. The Balaban J connectivity index is 1.79. The normalized spacial score (nSPS) is 12.2. The van der Waals surface area contributed by atoms with E-state index in [1.807, 2.05) is 19.2 Å². The van der Waals surface area contributed by atoms with E-state index in [0.717, 1.165) is 0 Å². The summed E-state index contributed by atoms with van der Waals surface area (Å²) in [6.45, 7) is 3.13. The van der Waals surface area contributed by atoms with E-state index in [9.17, 15) is 13.6 Å². The Bertz CT molecular complexity index is 601. The fraction of sp³-hybridized carbons (Fsp3) is 0.333. The first-order valence-electron chi connectivity index (χ1n) is 6.95. The minimum Gasteiger partial charge on any atom is -0.338 e. The fourth-order valence-electron chi connectivity index (χ4n) is 1.99. The van der Waals surface area contributed by atoms with E-state index < -0.39 is 12.5 Å². The summed E-state index contributed by atoms with van der Waals surface area (Å²) in [7, 11) is 0. The molecule has 0 spiro atoms. The fourth-order valence-corrected chi connectivity index (χ4v) is 1.99. The molecular formula is C15H18F2N4O. The molecule has 1 heterocycles. The maximum Gasteiger partial charge on any atom is 0.319 e. The average Bonchev–Trinajstić information content (AvgIpc) is 2.98. The number of aromatic nitrogens is 2. The SMILES string of the molecule is C[C@@H](CNC(=O)Nc1cccc(C(F)F)c1)Cn1cccn1. The molecular weight excluding hydrogens is 290 g/mol. The van der Waals surface area contributed by atoms with Crippen LogP contribution in [0.4, 0.5) is 19.3 Å². The van der Waals surface area contributed by atoms with Crippen LogP contribution in [0, 0.1) is 5.92 Å². The number of benzene rings is 1. The Labute approximate surface area is 127 Å². The lowest BCUT2D eigenvalue weighted by atomic mass is 10.2. The second-order valence-electron chi connectivity index (χ2n) is 5.09. The van der Waals surface area contributed by atoms with E-state index in [0.29, 0.717) is 18.8 Å². The number of carbonyl (C=O) groups excluding carboxylic acids is 1. The second-order valence-corrected chi connectivity index (χ2v) is 5.09. The van der Waals surface area contributed by atoms with Crippen molar-refractivity contribution < 1.29 is 13.6 Å². The van der Waals surface area contributed by atoms with Gasteiger partial charge in [-0.25, -0.2) is 13.6 Å². The largest absolute Gasteiger partial charge is 0.338 e. The van der Waals surface area contributed by atoms with Crippen LogP contribution in [-0.2, 0) is 6.54 Å². The van der Waals surface area contributed by atoms with Crippen LogP contribution in [0.2, 0.25) is 0 Å². The standard InChI is InChI=1S/C15H18F2N4O/c1-11(10-21-7-3-6-19-21)9-18-15(22)20-13-5-2-4-12(8-13)14(16)17/h2-8,11,14H,9-10H2,1H3,(H2,18,20,22)/t11-/m0/s1. The summed E-state index contributed by atoms with van der Waals surface area (Å²) in [6, 6.07) is 7.05. The summed E-state index contributed by atoms with van der Waals surface area (Å²) in [5.41, 5.74) is 0.222. The van der Waals surface area contributed by atoms with E-state index in [4.69, 9.17) is 0 Å². The van der Waals surface area contributed by atoms with Gasteiger partial charge in [-0.2, -0.15) is 5.10 Å². The third kappa shape index (κ3) is 4.83. The average molecular weight is 308 g/mol. The van der Waals surface area contributed by atoms with E-state index >= 15 is 0 Å². The molecule has 1 aromatic carbocycles. The summed E-state index contributed by atoms with van der Waals surface area (Å²) in [5, 5.41) is 9.35. The van der Waals surface area contributed by atoms with Crippen LogP contribution in [0.5, 0.6) is 0 Å². The van der Waals surface area contributed by atoms with Gasteiger partial charge in [-0.15, -0.1) is 0 Å². The van der Waals surface area contributed by atoms with Gasteiger partial charge < -0.3 is 10.6 Å². The highest BCUT2D eigenvalue weighted by molar-refractivity contribution is 5.89. The van der Waals surface area contributed by atoms with Crippen molar-refractivity contribution in [3.63, 3.8) is 0 Å². The molecule has 0 aliphatic rings. The maximum atomic E-state index is 12.6. The molecule has 5 nitrogen and oxygen atoms in total. The van der Waals surface area contributed by atoms with Gasteiger partial charge in [0.15, 0.2) is 0 Å². The Kier molecular flexibility index (Phi) is 5.46. The molecule has 0 saturated carbocycles. The molecule has 0 radical (unpaired) electrons. The molecule has 2 rings (SSSR count). The van der Waals surface area contributed by atoms with E-state index in [2.05, 4.69) is 15.7 Å². The molecule has 2 aromatic rings. The number of anilines is 1. The zero-order valence-electron chi connectivity index (χ0n) is 12.2. The van der Waals surface area contributed by atoms with Crippen molar-refractivity contribution in [3.8, 4) is 0 Å². The zero-order valence-corrected chi connectivity index (χ0v) is 12.2. The predicted molar refractivity (Wildman–Crippen MR) is 79.8 cm³/mol. The highest BCUT2D eigenvalue weighted by Gasteiger charge is 2.09. The first-order valence-corrected chi connectivity index (χ1v) is 6.95. The summed E-state index contributed by atoms with van der Waals surface area (Å²) in [4.78, 5) is 11.8. The summed E-state index contributed by atoms with van der Waals surface area (Å²) in [6.07, 6.45) is 0.994. The number of amides is 2. The quantitative estimate of drug-likeness (QED) is 0.860. The highest BCUT2D eigenvalue weighted by Crippen LogP contribution is 2.21. The molecule has 0 aliphatic heterocycles. The van der Waals surface area contributed by atoms with Crippen molar-refractivity contribution in [2.75, 3.05) is 11.9 Å². The van der Waals surface area contributed by atoms with Crippen LogP contribution in [0.25, 0.3) is 0 Å². The van der Waals surface area contributed by atoms with Gasteiger partial charge in [-0.3, -0.25) is 4.68 Å². The van der Waals surface area contributed by atoms with Gasteiger partial charge in [0.1, 0.15) is 0 Å². The summed E-state index contributed by atoms with van der Waals surface area (Å²) < 4.78 is 27.0. The summed E-state index contributed by atoms with van der Waals surface area (Å²) in [5.74, 6) is 0.193. The minimum atomic E-state index is -2.56. The van der Waals surface area contributed by atoms with Crippen molar-refractivity contribution in [3.05, 3.63) is 48.3 Å². The van der Waals surface area contributed by atoms with E-state index in [1.54, 1.807) is 16.9 Å². The number of halogens is 2. The molecule has 2 amide bonds. The van der Waals surface area contributed by atoms with Gasteiger partial charge >= 0.3 is 6.03 Å². The smallest absolute Gasteiger partial charge is 0.319 e. The monoisotopic (exact) mass is 308 g/mol. The Morgan fingerprint density at radius 1 is 1.36 bits per heavy atom. The topological polar surface area (TPSA) is 59.0 Å². The van der Waals surface area contributed by atoms with Crippen LogP contribution in [0.15, 0.2) is 42.7 Å². The zero-order chi connectivity index (χ0) is 15.9. The number of urea groups is 1. The van der Waals surface area contributed by atoms with Crippen LogP contribution >= 0.6 is 0 Å². The van der Waals surface area contributed by atoms with Crippen molar-refractivity contribution in [1.29, 1.82) is 0 Å². The van der Waals surface area contributed by atoms with Crippen molar-refractivity contribution in [1.82, 2.24) is 15.1 Å². The van der Waals surface area contributed by atoms with Crippen LogP contribution in [-0.4, -0.2) is 22.4 Å². The first-order chi connectivity index (χ1) is 10.5. The molecule has 0 unspecified atom stereocenters. The van der Waals surface area contributed by atoms with Crippen molar-refractivity contribution in [2.45, 2.75) is 19.9 Å². The molecule has 0 bridgehead atoms. The molecule has 0 fully saturated rings. The van der Waals surface area contributed by atoms with Gasteiger partial charge in [0.25, 0.3) is 6.43 Å². The summed E-state index contributed by atoms with van der Waals surface area (Å²) >= 11 is 0. The lowest BCUT2D eigenvalue weighted by Crippen LogP contribution is -2.33. The molecule has 0 aliphatic carbocycles. The molecule has 0 saturated heterocycles. The van der Waals surface area contributed by atoms with Gasteiger partial charge in [-0.05, 0) is 24.1 Å². The number of rotatable bonds is 6. The molecule has 2 N–H and O–H groups in total. The maximum absolute atomic E-state index is 12.6. The van der Waals surface area contributed by atoms with Gasteiger partial charge in [0, 0.05) is 36.7 Å². The van der Waals surface area contributed by atoms with E-state index in [1.165, 1.54) is 18.2 Å². The third-order valence-corrected chi connectivity index (χ3v) is 3.07. The van der Waals surface area contributed by atoms with Gasteiger partial charge in [-0.1, -0.05) is 19.1 Å². The Morgan fingerprint density at radius 3 is 2.86 bits per heavy atom. The van der Waals surface area contributed by atoms with Gasteiger partial charge in [0.2, 0.25) is 0 Å². The highest BCUT2D eigenvalue weighted by atomic mass is 19.3. The number of nitrogens with zero attached hydrogens (tertiary/aromatic N) is 2.